The second-order valence-corrected chi connectivity index (χ2v) is 4.94. The second-order valence-electron chi connectivity index (χ2n) is 4.94. The van der Waals surface area contributed by atoms with E-state index in [2.05, 4.69) is 27.4 Å². The smallest absolute Gasteiger partial charge is 0.133 e. The molecule has 20 heavy (non-hydrogen) atoms. The molecule has 3 rings (SSSR count). The Hall–Kier alpha value is -2.10. The summed E-state index contributed by atoms with van der Waals surface area (Å²) in [5.74, 6) is 1.90. The van der Waals surface area contributed by atoms with Crippen LogP contribution in [0.2, 0.25) is 0 Å². The Morgan fingerprint density at radius 2 is 2.20 bits per heavy atom. The lowest BCUT2D eigenvalue weighted by Crippen LogP contribution is -2.05. The van der Waals surface area contributed by atoms with Crippen molar-refractivity contribution in [2.75, 3.05) is 11.9 Å². The third kappa shape index (κ3) is 2.74. The van der Waals surface area contributed by atoms with Gasteiger partial charge < -0.3 is 10.1 Å². The predicted octanol–water partition coefficient (Wildman–Crippen LogP) is 2.98. The van der Waals surface area contributed by atoms with Gasteiger partial charge in [-0.2, -0.15) is 0 Å². The van der Waals surface area contributed by atoms with Gasteiger partial charge in [0.25, 0.3) is 0 Å². The molecule has 0 unspecified atom stereocenters. The fraction of sp³-hybridized carbons (Fsp3) is 0.375. The molecule has 104 valence electrons. The normalized spacial score (nSPS) is 13.1. The summed E-state index contributed by atoms with van der Waals surface area (Å²) in [5, 5.41) is 3.42. The predicted molar refractivity (Wildman–Crippen MR) is 79.0 cm³/mol. The number of aryl methyl sites for hydroxylation is 1. The summed E-state index contributed by atoms with van der Waals surface area (Å²) in [6.07, 6.45) is 5.00. The molecule has 0 bridgehead atoms. The highest BCUT2D eigenvalue weighted by Crippen LogP contribution is 2.25. The summed E-state index contributed by atoms with van der Waals surface area (Å²) < 4.78 is 5.52. The highest BCUT2D eigenvalue weighted by molar-refractivity contribution is 5.48. The molecular formula is C16H19N3O. The zero-order valence-electron chi connectivity index (χ0n) is 11.7. The number of hydrogen-bond donors (Lipinski definition) is 1. The molecule has 4 nitrogen and oxygen atoms in total. The van der Waals surface area contributed by atoms with Crippen molar-refractivity contribution in [2.45, 2.75) is 32.7 Å². The number of benzene rings is 1. The molecule has 0 amide bonds. The van der Waals surface area contributed by atoms with Crippen LogP contribution in [0.4, 0.5) is 5.82 Å². The van der Waals surface area contributed by atoms with E-state index < -0.39 is 0 Å². The van der Waals surface area contributed by atoms with Crippen LogP contribution >= 0.6 is 0 Å². The van der Waals surface area contributed by atoms with Crippen LogP contribution in [-0.2, 0) is 19.4 Å². The summed E-state index contributed by atoms with van der Waals surface area (Å²) in [5.41, 5.74) is 3.68. The maximum Gasteiger partial charge on any atom is 0.133 e. The summed E-state index contributed by atoms with van der Waals surface area (Å²) in [6.45, 7) is 3.44. The van der Waals surface area contributed by atoms with Crippen LogP contribution in [0.25, 0.3) is 0 Å². The van der Waals surface area contributed by atoms with Crippen molar-refractivity contribution in [1.82, 2.24) is 9.97 Å². The first-order chi connectivity index (χ1) is 9.86. The zero-order chi connectivity index (χ0) is 13.8. The van der Waals surface area contributed by atoms with E-state index in [0.29, 0.717) is 6.61 Å². The zero-order valence-corrected chi connectivity index (χ0v) is 11.7. The Labute approximate surface area is 119 Å². The minimum absolute atomic E-state index is 0.691. The van der Waals surface area contributed by atoms with Gasteiger partial charge in [0.1, 0.15) is 17.9 Å². The highest BCUT2D eigenvalue weighted by atomic mass is 16.5. The van der Waals surface area contributed by atoms with E-state index >= 15 is 0 Å². The molecule has 1 aliphatic carbocycles. The monoisotopic (exact) mass is 269 g/mol. The van der Waals surface area contributed by atoms with Gasteiger partial charge in [-0.25, -0.2) is 9.97 Å². The van der Waals surface area contributed by atoms with E-state index in [-0.39, 0.29) is 0 Å². The van der Waals surface area contributed by atoms with Crippen molar-refractivity contribution in [3.05, 3.63) is 47.4 Å². The number of nitrogens with zero attached hydrogens (tertiary/aromatic N) is 2. The Balaban J connectivity index is 1.71. The highest BCUT2D eigenvalue weighted by Gasteiger charge is 2.16. The number of hydrogen-bond acceptors (Lipinski definition) is 4. The van der Waals surface area contributed by atoms with Crippen LogP contribution < -0.4 is 10.1 Å². The molecule has 0 fully saturated rings. The van der Waals surface area contributed by atoms with E-state index in [1.807, 2.05) is 19.1 Å². The first-order valence-corrected chi connectivity index (χ1v) is 7.15. The standard InChI is InChI=1S/C16H19N3O/c1-2-20-13-6-3-5-12(9-13)10-17-16-14-7-4-8-15(14)18-11-19-16/h3,5-6,9,11H,2,4,7-8,10H2,1H3,(H,17,18,19). The van der Waals surface area contributed by atoms with Crippen molar-refractivity contribution in [3.63, 3.8) is 0 Å². The van der Waals surface area contributed by atoms with E-state index in [9.17, 15) is 0 Å². The first-order valence-electron chi connectivity index (χ1n) is 7.15. The molecule has 0 spiro atoms. The molecular weight excluding hydrogens is 250 g/mol. The first kappa shape index (κ1) is 12.9. The van der Waals surface area contributed by atoms with Gasteiger partial charge in [0.05, 0.1) is 6.61 Å². The number of fused-ring (bicyclic) bond motifs is 1. The Morgan fingerprint density at radius 3 is 3.10 bits per heavy atom. The van der Waals surface area contributed by atoms with Crippen LogP contribution in [0, 0.1) is 0 Å². The maximum atomic E-state index is 5.52. The third-order valence-electron chi connectivity index (χ3n) is 3.54. The van der Waals surface area contributed by atoms with Gasteiger partial charge in [-0.05, 0) is 43.9 Å². The van der Waals surface area contributed by atoms with Gasteiger partial charge >= 0.3 is 0 Å². The van der Waals surface area contributed by atoms with Gasteiger partial charge in [-0.3, -0.25) is 0 Å². The number of anilines is 1. The van der Waals surface area contributed by atoms with Gasteiger partial charge in [-0.15, -0.1) is 0 Å². The van der Waals surface area contributed by atoms with Gasteiger partial charge in [0.2, 0.25) is 0 Å². The third-order valence-corrected chi connectivity index (χ3v) is 3.54. The molecule has 0 atom stereocenters. The van der Waals surface area contributed by atoms with Crippen LogP contribution in [0.15, 0.2) is 30.6 Å². The second kappa shape index (κ2) is 5.90. The summed E-state index contributed by atoms with van der Waals surface area (Å²) >= 11 is 0. The van der Waals surface area contributed by atoms with Crippen LogP contribution in [-0.4, -0.2) is 16.6 Å². The number of nitrogens with one attached hydrogen (secondary N) is 1. The van der Waals surface area contributed by atoms with E-state index in [4.69, 9.17) is 4.74 Å². The quantitative estimate of drug-likeness (QED) is 0.906. The van der Waals surface area contributed by atoms with Crippen molar-refractivity contribution in [2.24, 2.45) is 0 Å². The van der Waals surface area contributed by atoms with Crippen molar-refractivity contribution >= 4 is 5.82 Å². The lowest BCUT2D eigenvalue weighted by Gasteiger charge is -2.10. The van der Waals surface area contributed by atoms with Crippen molar-refractivity contribution in [3.8, 4) is 5.75 Å². The maximum absolute atomic E-state index is 5.52. The Kier molecular flexibility index (Phi) is 3.81. The van der Waals surface area contributed by atoms with Gasteiger partial charge in [0, 0.05) is 17.8 Å². The minimum atomic E-state index is 0.691. The molecule has 1 aromatic carbocycles. The number of aromatic nitrogens is 2. The van der Waals surface area contributed by atoms with Crippen molar-refractivity contribution < 1.29 is 4.74 Å². The SMILES string of the molecule is CCOc1cccc(CNc2ncnc3c2CCC3)c1. The molecule has 1 aliphatic rings. The molecule has 0 aliphatic heterocycles. The average Bonchev–Trinajstić information content (AvgIpc) is 2.95. The minimum Gasteiger partial charge on any atom is -0.494 e. The molecule has 0 saturated heterocycles. The average molecular weight is 269 g/mol. The largest absolute Gasteiger partial charge is 0.494 e. The number of ether oxygens (including phenoxy) is 1. The van der Waals surface area contributed by atoms with E-state index in [0.717, 1.165) is 31.0 Å². The lowest BCUT2D eigenvalue weighted by molar-refractivity contribution is 0.340. The molecule has 0 radical (unpaired) electrons. The molecule has 4 heteroatoms. The molecule has 1 aromatic heterocycles. The summed E-state index contributed by atoms with van der Waals surface area (Å²) in [4.78, 5) is 8.71. The molecule has 2 aromatic rings. The summed E-state index contributed by atoms with van der Waals surface area (Å²) in [7, 11) is 0. The van der Waals surface area contributed by atoms with Gasteiger partial charge in [-0.1, -0.05) is 12.1 Å². The van der Waals surface area contributed by atoms with Gasteiger partial charge in [0.15, 0.2) is 0 Å². The molecule has 1 N–H and O–H groups in total. The number of rotatable bonds is 5. The van der Waals surface area contributed by atoms with Crippen molar-refractivity contribution in [1.29, 1.82) is 0 Å². The molecule has 1 heterocycles. The van der Waals surface area contributed by atoms with Crippen LogP contribution in [0.1, 0.15) is 30.2 Å². The van der Waals surface area contributed by atoms with E-state index in [1.54, 1.807) is 6.33 Å². The fourth-order valence-electron chi connectivity index (χ4n) is 2.61. The Bertz CT molecular complexity index is 598. The van der Waals surface area contributed by atoms with Crippen LogP contribution in [0.3, 0.4) is 0 Å². The van der Waals surface area contributed by atoms with Crippen LogP contribution in [0.5, 0.6) is 5.75 Å². The molecule has 0 saturated carbocycles. The fourth-order valence-corrected chi connectivity index (χ4v) is 2.61. The summed E-state index contributed by atoms with van der Waals surface area (Å²) in [6, 6.07) is 8.16. The lowest BCUT2D eigenvalue weighted by atomic mass is 10.2. The van der Waals surface area contributed by atoms with E-state index in [1.165, 1.54) is 23.2 Å². The topological polar surface area (TPSA) is 47.0 Å². The Morgan fingerprint density at radius 1 is 1.25 bits per heavy atom.